The molecule has 0 nitrogen and oxygen atoms in total. The van der Waals surface area contributed by atoms with Crippen LogP contribution in [0.25, 0.3) is 11.1 Å². The molecule has 0 saturated heterocycles. The lowest BCUT2D eigenvalue weighted by Gasteiger charge is -2.35. The number of hydrogen-bond acceptors (Lipinski definition) is 0. The Hall–Kier alpha value is -2.08. The van der Waals surface area contributed by atoms with Gasteiger partial charge >= 0.3 is 0 Å². The van der Waals surface area contributed by atoms with Crippen LogP contribution in [0.2, 0.25) is 0 Å². The Balaban J connectivity index is 1.84. The fraction of sp³-hybridized carbons (Fsp3) is 0.556. The lowest BCUT2D eigenvalue weighted by atomic mass is 9.69. The highest BCUT2D eigenvalue weighted by molar-refractivity contribution is 5.80. The fourth-order valence-corrected chi connectivity index (χ4v) is 6.48. The van der Waals surface area contributed by atoms with E-state index in [-0.39, 0.29) is 21.7 Å². The molecule has 0 radical (unpaired) electrons. The Morgan fingerprint density at radius 3 is 1.97 bits per heavy atom. The predicted molar refractivity (Wildman–Crippen MR) is 159 cm³/mol. The number of benzene rings is 2. The van der Waals surface area contributed by atoms with Gasteiger partial charge in [-0.05, 0) is 84.9 Å². The summed E-state index contributed by atoms with van der Waals surface area (Å²) in [5.74, 6) is 1.11. The SMILES string of the molecule is CC(C)CC(C)(C)C1=CC(C(C)(C)c2cc(C(C)(C)C)cc3c2Cc2ccc(C(C)(C)C)cc2-3)C=C1. The zero-order valence-electron chi connectivity index (χ0n) is 25.2. The Bertz CT molecular complexity index is 1210. The van der Waals surface area contributed by atoms with Gasteiger partial charge in [0.1, 0.15) is 0 Å². The summed E-state index contributed by atoms with van der Waals surface area (Å²) in [6.07, 6.45) is 9.75. The second-order valence-corrected chi connectivity index (χ2v) is 15.3. The number of rotatable bonds is 5. The Labute approximate surface area is 222 Å². The van der Waals surface area contributed by atoms with Gasteiger partial charge in [-0.1, -0.05) is 132 Å². The van der Waals surface area contributed by atoms with Crippen molar-refractivity contribution in [2.45, 2.75) is 112 Å². The first-order chi connectivity index (χ1) is 16.4. The van der Waals surface area contributed by atoms with Crippen molar-refractivity contribution in [1.29, 1.82) is 0 Å². The van der Waals surface area contributed by atoms with Crippen LogP contribution in [0.15, 0.2) is 54.1 Å². The van der Waals surface area contributed by atoms with Crippen LogP contribution in [0.3, 0.4) is 0 Å². The molecule has 0 saturated carbocycles. The van der Waals surface area contributed by atoms with Gasteiger partial charge in [0.15, 0.2) is 0 Å². The fourth-order valence-electron chi connectivity index (χ4n) is 6.48. The molecular formula is C36H50. The molecule has 0 heterocycles. The molecule has 0 fully saturated rings. The van der Waals surface area contributed by atoms with Crippen molar-refractivity contribution in [3.05, 3.63) is 82.0 Å². The van der Waals surface area contributed by atoms with Gasteiger partial charge in [0.25, 0.3) is 0 Å². The summed E-state index contributed by atoms with van der Waals surface area (Å²) in [6, 6.07) is 12.3. The van der Waals surface area contributed by atoms with Crippen molar-refractivity contribution in [3.8, 4) is 11.1 Å². The van der Waals surface area contributed by atoms with E-state index in [4.69, 9.17) is 0 Å². The summed E-state index contributed by atoms with van der Waals surface area (Å²) in [7, 11) is 0. The van der Waals surface area contributed by atoms with Crippen LogP contribution in [0.4, 0.5) is 0 Å². The average Bonchev–Trinajstić information content (AvgIpc) is 3.36. The molecule has 2 aliphatic carbocycles. The van der Waals surface area contributed by atoms with Crippen LogP contribution in [-0.4, -0.2) is 0 Å². The molecule has 0 aromatic heterocycles. The zero-order chi connectivity index (χ0) is 26.8. The minimum atomic E-state index is 0.0202. The van der Waals surface area contributed by atoms with Crippen LogP contribution >= 0.6 is 0 Å². The largest absolute Gasteiger partial charge is 0.0764 e. The first-order valence-electron chi connectivity index (χ1n) is 14.1. The standard InChI is InChI=1S/C36H50/c1-23(2)22-35(9,10)26-15-16-27(18-26)36(11,12)32-21-28(34(6,7)8)20-30-29-19-25(33(3,4)5)14-13-24(29)17-31(30)32/h13-16,18-21,23,27H,17,22H2,1-12H3. The van der Waals surface area contributed by atoms with E-state index in [9.17, 15) is 0 Å². The molecule has 36 heavy (non-hydrogen) atoms. The lowest BCUT2D eigenvalue weighted by Crippen LogP contribution is -2.28. The topological polar surface area (TPSA) is 0 Å². The van der Waals surface area contributed by atoms with Gasteiger partial charge in [-0.2, -0.15) is 0 Å². The summed E-state index contributed by atoms with van der Waals surface area (Å²) >= 11 is 0. The van der Waals surface area contributed by atoms with Crippen LogP contribution in [0, 0.1) is 17.3 Å². The molecule has 0 bridgehead atoms. The third-order valence-corrected chi connectivity index (χ3v) is 8.82. The van der Waals surface area contributed by atoms with Crippen LogP contribution in [0.1, 0.15) is 117 Å². The van der Waals surface area contributed by atoms with Crippen molar-refractivity contribution in [1.82, 2.24) is 0 Å². The number of allylic oxidation sites excluding steroid dienone is 4. The first-order valence-corrected chi connectivity index (χ1v) is 14.1. The van der Waals surface area contributed by atoms with Gasteiger partial charge in [0.05, 0.1) is 0 Å². The summed E-state index contributed by atoms with van der Waals surface area (Å²) in [5, 5.41) is 0. The van der Waals surface area contributed by atoms with Gasteiger partial charge in [-0.15, -0.1) is 0 Å². The molecule has 0 heteroatoms. The maximum absolute atomic E-state index is 2.58. The van der Waals surface area contributed by atoms with E-state index in [2.05, 4.69) is 132 Å². The molecule has 0 spiro atoms. The summed E-state index contributed by atoms with van der Waals surface area (Å²) in [6.45, 7) is 28.5. The molecule has 2 aliphatic rings. The van der Waals surface area contributed by atoms with Gasteiger partial charge in [0, 0.05) is 5.92 Å². The molecule has 1 atom stereocenters. The van der Waals surface area contributed by atoms with Crippen molar-refractivity contribution in [2.24, 2.45) is 17.3 Å². The van der Waals surface area contributed by atoms with Crippen molar-refractivity contribution >= 4 is 0 Å². The number of fused-ring (bicyclic) bond motifs is 3. The summed E-state index contributed by atoms with van der Waals surface area (Å²) in [4.78, 5) is 0. The van der Waals surface area contributed by atoms with Gasteiger partial charge in [-0.3, -0.25) is 0 Å². The van der Waals surface area contributed by atoms with Crippen molar-refractivity contribution in [3.63, 3.8) is 0 Å². The van der Waals surface area contributed by atoms with E-state index < -0.39 is 0 Å². The molecule has 194 valence electrons. The van der Waals surface area contributed by atoms with Crippen molar-refractivity contribution < 1.29 is 0 Å². The maximum Gasteiger partial charge on any atom is 0.00476 e. The third-order valence-electron chi connectivity index (χ3n) is 8.82. The van der Waals surface area contributed by atoms with Crippen LogP contribution < -0.4 is 0 Å². The monoisotopic (exact) mass is 482 g/mol. The summed E-state index contributed by atoms with van der Waals surface area (Å²) < 4.78 is 0. The normalized spacial score (nSPS) is 18.0. The quantitative estimate of drug-likeness (QED) is 0.339. The van der Waals surface area contributed by atoms with E-state index in [1.807, 2.05) is 0 Å². The molecule has 0 aliphatic heterocycles. The predicted octanol–water partition coefficient (Wildman–Crippen LogP) is 10.3. The minimum absolute atomic E-state index is 0.0202. The molecular weight excluding hydrogens is 432 g/mol. The first kappa shape index (κ1) is 27.0. The third kappa shape index (κ3) is 4.90. The highest BCUT2D eigenvalue weighted by Gasteiger charge is 2.38. The maximum atomic E-state index is 2.58. The van der Waals surface area contributed by atoms with Gasteiger partial charge in [0.2, 0.25) is 0 Å². The minimum Gasteiger partial charge on any atom is -0.0764 e. The Morgan fingerprint density at radius 1 is 0.778 bits per heavy atom. The Morgan fingerprint density at radius 2 is 1.39 bits per heavy atom. The molecule has 2 aromatic carbocycles. The molecule has 4 rings (SSSR count). The summed E-state index contributed by atoms with van der Waals surface area (Å²) in [5.41, 5.74) is 12.4. The zero-order valence-corrected chi connectivity index (χ0v) is 25.2. The van der Waals surface area contributed by atoms with Gasteiger partial charge < -0.3 is 0 Å². The van der Waals surface area contributed by atoms with E-state index in [0.29, 0.717) is 11.8 Å². The van der Waals surface area contributed by atoms with Crippen molar-refractivity contribution in [2.75, 3.05) is 0 Å². The van der Waals surface area contributed by atoms with E-state index in [1.165, 1.54) is 45.4 Å². The average molecular weight is 483 g/mol. The number of hydrogen-bond donors (Lipinski definition) is 0. The van der Waals surface area contributed by atoms with Gasteiger partial charge in [-0.25, -0.2) is 0 Å². The van der Waals surface area contributed by atoms with Crippen LogP contribution in [0.5, 0.6) is 0 Å². The second-order valence-electron chi connectivity index (χ2n) is 15.3. The highest BCUT2D eigenvalue weighted by Crippen LogP contribution is 2.49. The van der Waals surface area contributed by atoms with E-state index >= 15 is 0 Å². The van der Waals surface area contributed by atoms with Crippen LogP contribution in [-0.2, 0) is 22.7 Å². The molecule has 0 amide bonds. The molecule has 2 aromatic rings. The lowest BCUT2D eigenvalue weighted by molar-refractivity contribution is 0.349. The molecule has 1 unspecified atom stereocenters. The molecule has 0 N–H and O–H groups in total. The smallest absolute Gasteiger partial charge is 0.00476 e. The highest BCUT2D eigenvalue weighted by atomic mass is 14.4. The second kappa shape index (κ2) is 8.75. The Kier molecular flexibility index (Phi) is 6.55. The van der Waals surface area contributed by atoms with E-state index in [0.717, 1.165) is 6.42 Å². The van der Waals surface area contributed by atoms with E-state index in [1.54, 1.807) is 5.56 Å².